The van der Waals surface area contributed by atoms with E-state index in [9.17, 15) is 19.8 Å². The van der Waals surface area contributed by atoms with Crippen molar-refractivity contribution in [2.24, 2.45) is 5.73 Å². The van der Waals surface area contributed by atoms with Crippen molar-refractivity contribution in [2.45, 2.75) is 37.5 Å². The Morgan fingerprint density at radius 2 is 2.05 bits per heavy atom. The molecule has 2 aliphatic heterocycles. The summed E-state index contributed by atoms with van der Waals surface area (Å²) in [4.78, 5) is 27.2. The van der Waals surface area contributed by atoms with Gasteiger partial charge in [0.05, 0.1) is 25.3 Å². The van der Waals surface area contributed by atoms with E-state index >= 15 is 0 Å². The number of nitrogens with two attached hydrogens (primary N) is 1. The van der Waals surface area contributed by atoms with Gasteiger partial charge < -0.3 is 25.7 Å². The zero-order chi connectivity index (χ0) is 14.0. The third kappa shape index (κ3) is 2.72. The van der Waals surface area contributed by atoms with Crippen LogP contribution in [0, 0.1) is 0 Å². The summed E-state index contributed by atoms with van der Waals surface area (Å²) in [5.41, 5.74) is 5.35. The average Bonchev–Trinajstić information content (AvgIpc) is 3.02. The Balaban J connectivity index is 2.08. The number of aliphatic hydroxyl groups excluding tert-OH is 2. The fraction of sp³-hybridized carbons (Fsp3) is 0.833. The van der Waals surface area contributed by atoms with Crippen LogP contribution in [0.15, 0.2) is 0 Å². The molecule has 3 atom stereocenters. The summed E-state index contributed by atoms with van der Waals surface area (Å²) in [7, 11) is 0. The van der Waals surface area contributed by atoms with Crippen molar-refractivity contribution in [2.75, 3.05) is 26.2 Å². The van der Waals surface area contributed by atoms with Gasteiger partial charge in [-0.1, -0.05) is 0 Å². The van der Waals surface area contributed by atoms with Crippen molar-refractivity contribution in [3.63, 3.8) is 0 Å². The molecule has 2 heterocycles. The Hall–Kier alpha value is -1.18. The first-order valence-corrected chi connectivity index (χ1v) is 6.67. The van der Waals surface area contributed by atoms with Crippen LogP contribution < -0.4 is 5.73 Å². The molecular weight excluding hydrogens is 250 g/mol. The van der Waals surface area contributed by atoms with Crippen molar-refractivity contribution in [3.8, 4) is 0 Å². The topological polar surface area (TPSA) is 107 Å². The molecule has 108 valence electrons. The van der Waals surface area contributed by atoms with Crippen molar-refractivity contribution < 1.29 is 19.8 Å². The molecule has 7 heteroatoms. The van der Waals surface area contributed by atoms with Crippen LogP contribution in [0.3, 0.4) is 0 Å². The molecule has 0 spiro atoms. The second-order valence-electron chi connectivity index (χ2n) is 5.17. The van der Waals surface area contributed by atoms with Gasteiger partial charge in [0.15, 0.2) is 0 Å². The average molecular weight is 271 g/mol. The smallest absolute Gasteiger partial charge is 0.245 e. The zero-order valence-corrected chi connectivity index (χ0v) is 10.9. The van der Waals surface area contributed by atoms with E-state index in [1.54, 1.807) is 0 Å². The Labute approximate surface area is 112 Å². The molecule has 0 aromatic carbocycles. The molecule has 2 fully saturated rings. The molecule has 2 rings (SSSR count). The van der Waals surface area contributed by atoms with E-state index in [0.29, 0.717) is 19.4 Å². The Kier molecular flexibility index (Phi) is 4.38. The van der Waals surface area contributed by atoms with E-state index in [1.165, 1.54) is 9.80 Å². The molecule has 2 saturated heterocycles. The summed E-state index contributed by atoms with van der Waals surface area (Å²) in [6.07, 6.45) is 1.19. The van der Waals surface area contributed by atoms with Crippen LogP contribution in [0.2, 0.25) is 0 Å². The molecular formula is C12H21N3O4. The number of nitrogens with zero attached hydrogens (tertiary/aromatic N) is 2. The maximum absolute atomic E-state index is 12.5. The lowest BCUT2D eigenvalue weighted by atomic mass is 10.1. The first-order valence-electron chi connectivity index (χ1n) is 6.67. The second-order valence-corrected chi connectivity index (χ2v) is 5.17. The molecule has 0 aromatic heterocycles. The molecule has 4 N–H and O–H groups in total. The minimum absolute atomic E-state index is 0.101. The molecule has 2 aliphatic rings. The minimum Gasteiger partial charge on any atom is -0.394 e. The van der Waals surface area contributed by atoms with Gasteiger partial charge in [0.2, 0.25) is 11.8 Å². The number of carbonyl (C=O) groups is 2. The predicted octanol–water partition coefficient (Wildman–Crippen LogP) is -2.11. The molecule has 0 radical (unpaired) electrons. The van der Waals surface area contributed by atoms with Gasteiger partial charge in [0.1, 0.15) is 6.04 Å². The van der Waals surface area contributed by atoms with Crippen LogP contribution in [-0.2, 0) is 9.59 Å². The maximum atomic E-state index is 12.5. The van der Waals surface area contributed by atoms with E-state index in [4.69, 9.17) is 5.73 Å². The number of amides is 2. The van der Waals surface area contributed by atoms with Gasteiger partial charge in [0.25, 0.3) is 0 Å². The van der Waals surface area contributed by atoms with E-state index in [1.807, 2.05) is 0 Å². The van der Waals surface area contributed by atoms with Crippen LogP contribution in [0.1, 0.15) is 19.3 Å². The molecule has 0 saturated carbocycles. The van der Waals surface area contributed by atoms with Gasteiger partial charge in [-0.15, -0.1) is 0 Å². The van der Waals surface area contributed by atoms with E-state index in [2.05, 4.69) is 0 Å². The lowest BCUT2D eigenvalue weighted by Crippen LogP contribution is -2.51. The highest BCUT2D eigenvalue weighted by Crippen LogP contribution is 2.24. The van der Waals surface area contributed by atoms with E-state index in [0.717, 1.165) is 6.42 Å². The SMILES string of the molecule is NCC(=O)N1CCC[C@H]1C(=O)N1C[C@H](O)C[C@H]1CO. The number of carbonyl (C=O) groups excluding carboxylic acids is 2. The summed E-state index contributed by atoms with van der Waals surface area (Å²) in [6, 6.07) is -0.840. The maximum Gasteiger partial charge on any atom is 0.245 e. The summed E-state index contributed by atoms with van der Waals surface area (Å²) in [6.45, 7) is 0.508. The van der Waals surface area contributed by atoms with E-state index in [-0.39, 0.29) is 37.6 Å². The third-order valence-electron chi connectivity index (χ3n) is 3.92. The third-order valence-corrected chi connectivity index (χ3v) is 3.92. The van der Waals surface area contributed by atoms with Crippen LogP contribution in [0.4, 0.5) is 0 Å². The van der Waals surface area contributed by atoms with Crippen molar-refractivity contribution >= 4 is 11.8 Å². The fourth-order valence-electron chi connectivity index (χ4n) is 2.97. The fourth-order valence-corrected chi connectivity index (χ4v) is 2.97. The van der Waals surface area contributed by atoms with Gasteiger partial charge in [-0.05, 0) is 19.3 Å². The lowest BCUT2D eigenvalue weighted by Gasteiger charge is -2.30. The molecule has 0 bridgehead atoms. The summed E-state index contributed by atoms with van der Waals surface area (Å²) >= 11 is 0. The first-order chi connectivity index (χ1) is 9.08. The van der Waals surface area contributed by atoms with Crippen molar-refractivity contribution in [3.05, 3.63) is 0 Å². The monoisotopic (exact) mass is 271 g/mol. The number of β-amino-alcohol motifs (C(OH)–C–C–N with tert-alkyl or cyclic N) is 1. The van der Waals surface area contributed by atoms with Crippen LogP contribution in [0.5, 0.6) is 0 Å². The Bertz CT molecular complexity index is 363. The summed E-state index contributed by atoms with van der Waals surface area (Å²) in [5.74, 6) is -0.411. The van der Waals surface area contributed by atoms with Gasteiger partial charge >= 0.3 is 0 Å². The predicted molar refractivity (Wildman–Crippen MR) is 67.0 cm³/mol. The number of likely N-dealkylation sites (tertiary alicyclic amines) is 2. The zero-order valence-electron chi connectivity index (χ0n) is 10.9. The largest absolute Gasteiger partial charge is 0.394 e. The number of hydrogen-bond acceptors (Lipinski definition) is 5. The standard InChI is InChI=1S/C12H21N3O4/c13-5-11(18)14-3-1-2-10(14)12(19)15-6-9(17)4-8(15)7-16/h8-10,16-17H,1-7,13H2/t8-,9+,10-/m0/s1. The molecule has 0 aliphatic carbocycles. The van der Waals surface area contributed by atoms with E-state index < -0.39 is 12.1 Å². The molecule has 0 unspecified atom stereocenters. The normalized spacial score (nSPS) is 31.0. The van der Waals surface area contributed by atoms with Crippen LogP contribution in [-0.4, -0.2) is 76.3 Å². The molecule has 19 heavy (non-hydrogen) atoms. The Morgan fingerprint density at radius 3 is 2.68 bits per heavy atom. The minimum atomic E-state index is -0.596. The highest BCUT2D eigenvalue weighted by atomic mass is 16.3. The van der Waals surface area contributed by atoms with Crippen LogP contribution in [0.25, 0.3) is 0 Å². The first kappa shape index (κ1) is 14.2. The molecule has 2 amide bonds. The van der Waals surface area contributed by atoms with Gasteiger partial charge in [-0.2, -0.15) is 0 Å². The quantitative estimate of drug-likeness (QED) is 0.544. The lowest BCUT2D eigenvalue weighted by molar-refractivity contribution is -0.144. The van der Waals surface area contributed by atoms with Gasteiger partial charge in [-0.25, -0.2) is 0 Å². The highest BCUT2D eigenvalue weighted by molar-refractivity contribution is 5.89. The number of hydrogen-bond donors (Lipinski definition) is 3. The van der Waals surface area contributed by atoms with Crippen LogP contribution >= 0.6 is 0 Å². The Morgan fingerprint density at radius 1 is 1.32 bits per heavy atom. The summed E-state index contributed by atoms with van der Waals surface area (Å²) < 4.78 is 0. The second kappa shape index (κ2) is 5.85. The number of rotatable bonds is 3. The van der Waals surface area contributed by atoms with Crippen molar-refractivity contribution in [1.82, 2.24) is 9.80 Å². The molecule has 7 nitrogen and oxygen atoms in total. The van der Waals surface area contributed by atoms with Gasteiger partial charge in [0, 0.05) is 13.1 Å². The highest BCUT2D eigenvalue weighted by Gasteiger charge is 2.41. The van der Waals surface area contributed by atoms with Gasteiger partial charge in [-0.3, -0.25) is 9.59 Å². The van der Waals surface area contributed by atoms with Crippen molar-refractivity contribution in [1.29, 1.82) is 0 Å². The molecule has 0 aromatic rings. The summed E-state index contributed by atoms with van der Waals surface area (Å²) in [5, 5.41) is 18.9. The number of aliphatic hydroxyl groups is 2.